The molecule has 0 spiro atoms. The van der Waals surface area contributed by atoms with Crippen LogP contribution in [-0.4, -0.2) is 27.7 Å². The average Bonchev–Trinajstić information content (AvgIpc) is 2.87. The number of allylic oxidation sites excluding steroid dienone is 2. The number of carbonyl (C=O) groups excluding carboxylic acids is 1. The zero-order valence-corrected chi connectivity index (χ0v) is 15.3. The summed E-state index contributed by atoms with van der Waals surface area (Å²) in [4.78, 5) is 12.1. The number of fused-ring (bicyclic) bond motifs is 5. The molecule has 3 saturated carbocycles. The monoisotopic (exact) mass is 332 g/mol. The zero-order valence-electron chi connectivity index (χ0n) is 15.3. The molecular weight excluding hydrogens is 300 g/mol. The summed E-state index contributed by atoms with van der Waals surface area (Å²) in [6.07, 6.45) is 9.41. The Hall–Kier alpha value is -0.670. The van der Waals surface area contributed by atoms with Gasteiger partial charge in [-0.1, -0.05) is 19.9 Å². The van der Waals surface area contributed by atoms with E-state index >= 15 is 0 Å². The van der Waals surface area contributed by atoms with Gasteiger partial charge in [0, 0.05) is 0 Å². The number of carbonyl (C=O) groups is 1. The van der Waals surface area contributed by atoms with Gasteiger partial charge in [0.15, 0.2) is 5.78 Å². The van der Waals surface area contributed by atoms with E-state index < -0.39 is 5.60 Å². The largest absolute Gasteiger partial charge is 0.393 e. The van der Waals surface area contributed by atoms with Gasteiger partial charge in [0.25, 0.3) is 0 Å². The minimum absolute atomic E-state index is 0.0416. The number of Topliss-reactive ketones (excluding diaryl/α,β-unsaturated/α-hetero) is 1. The maximum atomic E-state index is 12.1. The summed E-state index contributed by atoms with van der Waals surface area (Å²) in [5, 5.41) is 22.0. The van der Waals surface area contributed by atoms with Crippen LogP contribution in [0, 0.1) is 28.6 Å². The Morgan fingerprint density at radius 2 is 1.88 bits per heavy atom. The lowest BCUT2D eigenvalue weighted by Crippen LogP contribution is -2.65. The van der Waals surface area contributed by atoms with Crippen molar-refractivity contribution in [3.8, 4) is 0 Å². The molecular formula is C21H32O3. The lowest BCUT2D eigenvalue weighted by Gasteiger charge is -2.65. The molecule has 0 aliphatic heterocycles. The predicted octanol–water partition coefficient (Wildman–Crippen LogP) is 3.63. The first kappa shape index (κ1) is 16.8. The van der Waals surface area contributed by atoms with Crippen molar-refractivity contribution >= 4 is 5.78 Å². The van der Waals surface area contributed by atoms with E-state index in [1.165, 1.54) is 0 Å². The number of ketones is 1. The first-order valence-electron chi connectivity index (χ1n) is 9.84. The average molecular weight is 332 g/mol. The Bertz CT molecular complexity index is 596. The lowest BCUT2D eigenvalue weighted by atomic mass is 9.42. The Balaban J connectivity index is 1.69. The molecule has 2 unspecified atom stereocenters. The SMILES string of the molecule is CC(=O)C1=CC[C@H]2[C@@H]3CCC4CC(O)CC[C@]4(C)[C@@]3(O)CC[C@]12C. The van der Waals surface area contributed by atoms with Crippen molar-refractivity contribution < 1.29 is 15.0 Å². The Labute approximate surface area is 145 Å². The highest BCUT2D eigenvalue weighted by Crippen LogP contribution is 2.67. The molecule has 134 valence electrons. The molecule has 0 aromatic rings. The van der Waals surface area contributed by atoms with Crippen LogP contribution in [0.5, 0.6) is 0 Å². The molecule has 3 fully saturated rings. The van der Waals surface area contributed by atoms with E-state index in [0.717, 1.165) is 56.9 Å². The van der Waals surface area contributed by atoms with Gasteiger partial charge in [-0.15, -0.1) is 0 Å². The van der Waals surface area contributed by atoms with Gasteiger partial charge in [-0.3, -0.25) is 4.79 Å². The molecule has 4 aliphatic rings. The van der Waals surface area contributed by atoms with Gasteiger partial charge in [0.1, 0.15) is 0 Å². The summed E-state index contributed by atoms with van der Waals surface area (Å²) in [6.45, 7) is 6.24. The maximum absolute atomic E-state index is 12.1. The Morgan fingerprint density at radius 3 is 2.58 bits per heavy atom. The smallest absolute Gasteiger partial charge is 0.156 e. The maximum Gasteiger partial charge on any atom is 0.156 e. The fraction of sp³-hybridized carbons (Fsp3) is 0.857. The van der Waals surface area contributed by atoms with E-state index in [2.05, 4.69) is 19.9 Å². The van der Waals surface area contributed by atoms with E-state index in [1.807, 2.05) is 0 Å². The Morgan fingerprint density at radius 1 is 1.12 bits per heavy atom. The third-order valence-corrected chi connectivity index (χ3v) is 8.78. The molecule has 0 saturated heterocycles. The molecule has 4 rings (SSSR count). The number of aliphatic hydroxyl groups excluding tert-OH is 1. The quantitative estimate of drug-likeness (QED) is 0.771. The summed E-state index contributed by atoms with van der Waals surface area (Å²) in [6, 6.07) is 0. The number of hydrogen-bond donors (Lipinski definition) is 2. The molecule has 3 nitrogen and oxygen atoms in total. The van der Waals surface area contributed by atoms with Crippen LogP contribution in [0.4, 0.5) is 0 Å². The molecule has 0 aromatic carbocycles. The van der Waals surface area contributed by atoms with Crippen molar-refractivity contribution in [2.45, 2.75) is 83.8 Å². The minimum Gasteiger partial charge on any atom is -0.393 e. The third-order valence-electron chi connectivity index (χ3n) is 8.78. The molecule has 2 N–H and O–H groups in total. The first-order chi connectivity index (χ1) is 11.2. The normalized spacial score (nSPS) is 53.6. The second kappa shape index (κ2) is 5.17. The van der Waals surface area contributed by atoms with Crippen LogP contribution in [0.2, 0.25) is 0 Å². The van der Waals surface area contributed by atoms with Crippen LogP contribution in [0.15, 0.2) is 11.6 Å². The van der Waals surface area contributed by atoms with Crippen LogP contribution < -0.4 is 0 Å². The minimum atomic E-state index is -0.625. The van der Waals surface area contributed by atoms with E-state index in [1.54, 1.807) is 6.92 Å². The summed E-state index contributed by atoms with van der Waals surface area (Å²) in [7, 11) is 0. The van der Waals surface area contributed by atoms with Gasteiger partial charge in [-0.25, -0.2) is 0 Å². The van der Waals surface area contributed by atoms with Crippen LogP contribution >= 0.6 is 0 Å². The highest BCUT2D eigenvalue weighted by Gasteiger charge is 2.66. The van der Waals surface area contributed by atoms with Gasteiger partial charge in [-0.2, -0.15) is 0 Å². The summed E-state index contributed by atoms with van der Waals surface area (Å²) in [5.74, 6) is 1.35. The molecule has 0 heterocycles. The van der Waals surface area contributed by atoms with Crippen molar-refractivity contribution in [2.24, 2.45) is 28.6 Å². The number of aliphatic hydroxyl groups is 2. The molecule has 7 atom stereocenters. The van der Waals surface area contributed by atoms with Gasteiger partial charge in [-0.05, 0) is 92.4 Å². The summed E-state index contributed by atoms with van der Waals surface area (Å²) < 4.78 is 0. The van der Waals surface area contributed by atoms with Crippen molar-refractivity contribution in [2.75, 3.05) is 0 Å². The van der Waals surface area contributed by atoms with Crippen molar-refractivity contribution in [1.82, 2.24) is 0 Å². The van der Waals surface area contributed by atoms with Crippen molar-refractivity contribution in [1.29, 1.82) is 0 Å². The summed E-state index contributed by atoms with van der Waals surface area (Å²) >= 11 is 0. The molecule has 0 bridgehead atoms. The predicted molar refractivity (Wildman–Crippen MR) is 93.3 cm³/mol. The van der Waals surface area contributed by atoms with Gasteiger partial charge in [0.05, 0.1) is 11.7 Å². The molecule has 0 aromatic heterocycles. The second-order valence-electron chi connectivity index (χ2n) is 9.58. The second-order valence-corrected chi connectivity index (χ2v) is 9.58. The zero-order chi connectivity index (χ0) is 17.3. The molecule has 0 radical (unpaired) electrons. The fourth-order valence-corrected chi connectivity index (χ4v) is 7.29. The molecule has 0 amide bonds. The molecule has 3 heteroatoms. The Kier molecular flexibility index (Phi) is 3.61. The molecule has 4 aliphatic carbocycles. The lowest BCUT2D eigenvalue weighted by molar-refractivity contribution is -0.236. The first-order valence-corrected chi connectivity index (χ1v) is 9.84. The highest BCUT2D eigenvalue weighted by atomic mass is 16.3. The highest BCUT2D eigenvalue weighted by molar-refractivity contribution is 5.95. The third kappa shape index (κ3) is 1.94. The van der Waals surface area contributed by atoms with Crippen molar-refractivity contribution in [3.63, 3.8) is 0 Å². The van der Waals surface area contributed by atoms with E-state index in [0.29, 0.717) is 17.8 Å². The summed E-state index contributed by atoms with van der Waals surface area (Å²) in [5.41, 5.74) is 0.275. The van der Waals surface area contributed by atoms with Crippen LogP contribution in [-0.2, 0) is 4.79 Å². The van der Waals surface area contributed by atoms with E-state index in [4.69, 9.17) is 0 Å². The van der Waals surface area contributed by atoms with Crippen LogP contribution in [0.3, 0.4) is 0 Å². The van der Waals surface area contributed by atoms with Gasteiger partial charge >= 0.3 is 0 Å². The van der Waals surface area contributed by atoms with Crippen LogP contribution in [0.25, 0.3) is 0 Å². The van der Waals surface area contributed by atoms with E-state index in [-0.39, 0.29) is 22.7 Å². The van der Waals surface area contributed by atoms with E-state index in [9.17, 15) is 15.0 Å². The standard InChI is InChI=1S/C21H32O3/c1-13(22)16-6-7-17-18-5-4-14-12-15(23)8-9-20(14,3)21(18,24)11-10-19(16,17)2/h6,14-15,17-18,23-24H,4-5,7-12H2,1-3H3/t14?,15?,17-,18-,19+,20-,21+/m0/s1. The molecule has 24 heavy (non-hydrogen) atoms. The number of hydrogen-bond acceptors (Lipinski definition) is 3. The van der Waals surface area contributed by atoms with Crippen molar-refractivity contribution in [3.05, 3.63) is 11.6 Å². The topological polar surface area (TPSA) is 57.5 Å². The fourth-order valence-electron chi connectivity index (χ4n) is 7.29. The number of rotatable bonds is 1. The van der Waals surface area contributed by atoms with Crippen LogP contribution in [0.1, 0.15) is 72.1 Å². The van der Waals surface area contributed by atoms with Gasteiger partial charge < -0.3 is 10.2 Å². The van der Waals surface area contributed by atoms with Gasteiger partial charge in [0.2, 0.25) is 0 Å².